The fraction of sp³-hybridized carbons (Fsp3) is 0.188. The highest BCUT2D eigenvalue weighted by atomic mass is 16.5. The molecule has 2 aromatic carbocycles. The van der Waals surface area contributed by atoms with Crippen LogP contribution in [0.3, 0.4) is 0 Å². The summed E-state index contributed by atoms with van der Waals surface area (Å²) in [5.74, 6) is 1.21. The minimum atomic E-state index is -0.162. The van der Waals surface area contributed by atoms with Gasteiger partial charge in [-0.1, -0.05) is 12.1 Å². The fourth-order valence-corrected chi connectivity index (χ4v) is 2.40. The maximum absolute atomic E-state index is 12.7. The van der Waals surface area contributed by atoms with E-state index in [0.29, 0.717) is 39.2 Å². The minimum Gasteiger partial charge on any atom is -0.496 e. The molecule has 0 unspecified atom stereocenters. The van der Waals surface area contributed by atoms with Gasteiger partial charge in [-0.2, -0.15) is 0 Å². The van der Waals surface area contributed by atoms with Crippen LogP contribution in [0.15, 0.2) is 39.5 Å². The summed E-state index contributed by atoms with van der Waals surface area (Å²) in [6.45, 7) is 0. The average Bonchev–Trinajstić information content (AvgIpc) is 2.53. The molecule has 0 spiro atoms. The molecule has 3 aromatic rings. The van der Waals surface area contributed by atoms with Crippen molar-refractivity contribution in [3.63, 3.8) is 0 Å². The molecule has 3 rings (SSSR count). The summed E-state index contributed by atoms with van der Waals surface area (Å²) in [5.41, 5.74) is 0.644. The van der Waals surface area contributed by atoms with Gasteiger partial charge in [0.25, 0.3) is 0 Å². The lowest BCUT2D eigenvalue weighted by Crippen LogP contribution is -2.05. The van der Waals surface area contributed by atoms with Crippen molar-refractivity contribution in [2.24, 2.45) is 0 Å². The smallest absolute Gasteiger partial charge is 0.205 e. The van der Waals surface area contributed by atoms with Gasteiger partial charge in [0.15, 0.2) is 11.3 Å². The van der Waals surface area contributed by atoms with Crippen LogP contribution in [0, 0.1) is 0 Å². The van der Waals surface area contributed by atoms with Crippen LogP contribution in [0.1, 0.15) is 0 Å². The third-order valence-corrected chi connectivity index (χ3v) is 3.38. The second kappa shape index (κ2) is 5.01. The first-order valence-electron chi connectivity index (χ1n) is 6.35. The number of fused-ring (bicyclic) bond motifs is 2. The number of ether oxygens (including phenoxy) is 3. The SMILES string of the molecule is COc1cc(OC)c2c(=O)c3ccccc3oc2c1OC. The van der Waals surface area contributed by atoms with Crippen molar-refractivity contribution in [2.45, 2.75) is 0 Å². The molecule has 5 nitrogen and oxygen atoms in total. The first-order valence-corrected chi connectivity index (χ1v) is 6.35. The van der Waals surface area contributed by atoms with Gasteiger partial charge in [0.1, 0.15) is 16.7 Å². The zero-order valence-electron chi connectivity index (χ0n) is 11.9. The summed E-state index contributed by atoms with van der Waals surface area (Å²) in [6, 6.07) is 8.67. The van der Waals surface area contributed by atoms with Crippen molar-refractivity contribution in [1.82, 2.24) is 0 Å². The number of benzene rings is 2. The van der Waals surface area contributed by atoms with E-state index < -0.39 is 0 Å². The molecule has 0 aliphatic heterocycles. The summed E-state index contributed by atoms with van der Waals surface area (Å²) in [4.78, 5) is 12.7. The van der Waals surface area contributed by atoms with Crippen LogP contribution in [0.2, 0.25) is 0 Å². The number of hydrogen-bond donors (Lipinski definition) is 0. The quantitative estimate of drug-likeness (QED) is 0.693. The first kappa shape index (κ1) is 13.3. The van der Waals surface area contributed by atoms with Gasteiger partial charge in [-0.3, -0.25) is 4.79 Å². The van der Waals surface area contributed by atoms with E-state index in [1.807, 2.05) is 0 Å². The van der Waals surface area contributed by atoms with Crippen LogP contribution in [-0.4, -0.2) is 21.3 Å². The van der Waals surface area contributed by atoms with Gasteiger partial charge in [0, 0.05) is 6.07 Å². The maximum Gasteiger partial charge on any atom is 0.205 e. The van der Waals surface area contributed by atoms with Crippen molar-refractivity contribution in [3.05, 3.63) is 40.6 Å². The van der Waals surface area contributed by atoms with Crippen LogP contribution in [0.4, 0.5) is 0 Å². The zero-order chi connectivity index (χ0) is 15.0. The lowest BCUT2D eigenvalue weighted by Gasteiger charge is -2.13. The summed E-state index contributed by atoms with van der Waals surface area (Å²) >= 11 is 0. The number of rotatable bonds is 3. The molecule has 0 bridgehead atoms. The molecule has 0 radical (unpaired) electrons. The molecule has 0 N–H and O–H groups in total. The Morgan fingerprint density at radius 3 is 2.33 bits per heavy atom. The molecule has 0 saturated heterocycles. The Bertz CT molecular complexity index is 879. The summed E-state index contributed by atoms with van der Waals surface area (Å²) < 4.78 is 21.8. The third-order valence-electron chi connectivity index (χ3n) is 3.38. The largest absolute Gasteiger partial charge is 0.496 e. The predicted octanol–water partition coefficient (Wildman–Crippen LogP) is 2.97. The molecule has 0 atom stereocenters. The van der Waals surface area contributed by atoms with Gasteiger partial charge in [0.05, 0.1) is 26.7 Å². The van der Waals surface area contributed by atoms with Gasteiger partial charge in [-0.05, 0) is 12.1 Å². The third kappa shape index (κ3) is 1.89. The lowest BCUT2D eigenvalue weighted by atomic mass is 10.1. The zero-order valence-corrected chi connectivity index (χ0v) is 11.9. The predicted molar refractivity (Wildman–Crippen MR) is 79.6 cm³/mol. The molecule has 0 aliphatic carbocycles. The summed E-state index contributed by atoms with van der Waals surface area (Å²) in [7, 11) is 4.51. The second-order valence-corrected chi connectivity index (χ2v) is 4.45. The van der Waals surface area contributed by atoms with Gasteiger partial charge in [-0.15, -0.1) is 0 Å². The molecule has 1 aromatic heterocycles. The normalized spacial score (nSPS) is 10.8. The molecule has 0 aliphatic rings. The highest BCUT2D eigenvalue weighted by molar-refractivity contribution is 5.97. The minimum absolute atomic E-state index is 0.162. The highest BCUT2D eigenvalue weighted by Crippen LogP contribution is 2.40. The van der Waals surface area contributed by atoms with Crippen molar-refractivity contribution in [1.29, 1.82) is 0 Å². The monoisotopic (exact) mass is 286 g/mol. The molecule has 0 saturated carbocycles. The standard InChI is InChI=1S/C16H14O5/c1-18-11-8-12(19-2)15(20-3)16-13(11)14(17)9-6-4-5-7-10(9)21-16/h4-8H,1-3H3. The Labute approximate surface area is 120 Å². The molecular weight excluding hydrogens is 272 g/mol. The van der Waals surface area contributed by atoms with E-state index in [4.69, 9.17) is 18.6 Å². The Kier molecular flexibility index (Phi) is 3.17. The lowest BCUT2D eigenvalue weighted by molar-refractivity contribution is 0.349. The van der Waals surface area contributed by atoms with Crippen LogP contribution >= 0.6 is 0 Å². The Morgan fingerprint density at radius 1 is 0.952 bits per heavy atom. The molecule has 1 heterocycles. The van der Waals surface area contributed by atoms with E-state index in [0.717, 1.165) is 0 Å². The van der Waals surface area contributed by atoms with Crippen LogP contribution in [-0.2, 0) is 0 Å². The van der Waals surface area contributed by atoms with E-state index in [9.17, 15) is 4.79 Å². The molecule has 0 fully saturated rings. The highest BCUT2D eigenvalue weighted by Gasteiger charge is 2.20. The molecule has 5 heteroatoms. The van der Waals surface area contributed by atoms with E-state index >= 15 is 0 Å². The second-order valence-electron chi connectivity index (χ2n) is 4.45. The maximum atomic E-state index is 12.7. The van der Waals surface area contributed by atoms with E-state index in [1.54, 1.807) is 30.3 Å². The van der Waals surface area contributed by atoms with Crippen LogP contribution < -0.4 is 19.6 Å². The Hall–Kier alpha value is -2.69. The van der Waals surface area contributed by atoms with Gasteiger partial charge < -0.3 is 18.6 Å². The van der Waals surface area contributed by atoms with E-state index in [2.05, 4.69) is 0 Å². The van der Waals surface area contributed by atoms with Crippen LogP contribution in [0.25, 0.3) is 21.9 Å². The van der Waals surface area contributed by atoms with Crippen molar-refractivity contribution < 1.29 is 18.6 Å². The van der Waals surface area contributed by atoms with E-state index in [-0.39, 0.29) is 5.43 Å². The Morgan fingerprint density at radius 2 is 1.67 bits per heavy atom. The summed E-state index contributed by atoms with van der Waals surface area (Å²) in [6.07, 6.45) is 0. The van der Waals surface area contributed by atoms with Gasteiger partial charge in [0.2, 0.25) is 11.2 Å². The number of hydrogen-bond acceptors (Lipinski definition) is 5. The molecular formula is C16H14O5. The number of para-hydroxylation sites is 1. The topological polar surface area (TPSA) is 57.9 Å². The van der Waals surface area contributed by atoms with Crippen LogP contribution in [0.5, 0.6) is 17.2 Å². The van der Waals surface area contributed by atoms with Crippen molar-refractivity contribution in [2.75, 3.05) is 21.3 Å². The summed E-state index contributed by atoms with van der Waals surface area (Å²) in [5, 5.41) is 0.837. The average molecular weight is 286 g/mol. The first-order chi connectivity index (χ1) is 10.2. The van der Waals surface area contributed by atoms with Gasteiger partial charge in [-0.25, -0.2) is 0 Å². The van der Waals surface area contributed by atoms with Crippen molar-refractivity contribution in [3.8, 4) is 17.2 Å². The molecule has 0 amide bonds. The molecule has 21 heavy (non-hydrogen) atoms. The van der Waals surface area contributed by atoms with Gasteiger partial charge >= 0.3 is 0 Å². The molecule has 108 valence electrons. The van der Waals surface area contributed by atoms with Crippen molar-refractivity contribution >= 4 is 21.9 Å². The Balaban J connectivity index is 2.60. The van der Waals surface area contributed by atoms with E-state index in [1.165, 1.54) is 21.3 Å². The fourth-order valence-electron chi connectivity index (χ4n) is 2.40. The number of methoxy groups -OCH3 is 3.